The fraction of sp³-hybridized carbons (Fsp3) is 0.278. The van der Waals surface area contributed by atoms with E-state index >= 15 is 0 Å². The highest BCUT2D eigenvalue weighted by Crippen LogP contribution is 2.44. The van der Waals surface area contributed by atoms with Crippen LogP contribution in [0.3, 0.4) is 0 Å². The predicted octanol–water partition coefficient (Wildman–Crippen LogP) is 2.91. The number of nitrogens with one attached hydrogen (secondary N) is 1. The van der Waals surface area contributed by atoms with Crippen molar-refractivity contribution in [3.05, 3.63) is 59.7 Å². The number of aliphatic hydroxyl groups is 1. The summed E-state index contributed by atoms with van der Waals surface area (Å²) in [6, 6.07) is 16.1. The first-order chi connectivity index (χ1) is 10.7. The molecule has 114 valence electrons. The highest BCUT2D eigenvalue weighted by molar-refractivity contribution is 5.79. The van der Waals surface area contributed by atoms with Crippen molar-refractivity contribution in [2.24, 2.45) is 0 Å². The Labute approximate surface area is 129 Å². The number of hydrogen-bond donors (Lipinski definition) is 2. The van der Waals surface area contributed by atoms with Crippen LogP contribution < -0.4 is 5.32 Å². The molecule has 4 nitrogen and oxygen atoms in total. The Hall–Kier alpha value is -2.33. The number of ether oxygens (including phenoxy) is 1. The van der Waals surface area contributed by atoms with Crippen LogP contribution in [0.4, 0.5) is 4.79 Å². The second-order valence-electron chi connectivity index (χ2n) is 5.55. The molecule has 2 aromatic rings. The molecule has 0 aromatic heterocycles. The van der Waals surface area contributed by atoms with Crippen molar-refractivity contribution >= 4 is 6.09 Å². The monoisotopic (exact) mass is 297 g/mol. The van der Waals surface area contributed by atoms with Gasteiger partial charge in [0.2, 0.25) is 0 Å². The van der Waals surface area contributed by atoms with Gasteiger partial charge in [-0.1, -0.05) is 48.5 Å². The van der Waals surface area contributed by atoms with Crippen molar-refractivity contribution in [3.63, 3.8) is 0 Å². The molecular weight excluding hydrogens is 278 g/mol. The van der Waals surface area contributed by atoms with Crippen LogP contribution in [0, 0.1) is 0 Å². The normalized spacial score (nSPS) is 14.1. The molecule has 0 fully saturated rings. The molecule has 2 N–H and O–H groups in total. The summed E-state index contributed by atoms with van der Waals surface area (Å²) in [5, 5.41) is 11.5. The number of carbonyl (C=O) groups is 1. The van der Waals surface area contributed by atoms with Crippen LogP contribution in [0.25, 0.3) is 11.1 Å². The van der Waals surface area contributed by atoms with E-state index < -0.39 is 6.09 Å². The lowest BCUT2D eigenvalue weighted by Gasteiger charge is -2.16. The quantitative estimate of drug-likeness (QED) is 0.912. The maximum Gasteiger partial charge on any atom is 0.407 e. The van der Waals surface area contributed by atoms with Crippen molar-refractivity contribution in [3.8, 4) is 11.1 Å². The Morgan fingerprint density at radius 3 is 2.23 bits per heavy atom. The molecular formula is C18H19NO3. The molecule has 0 saturated carbocycles. The van der Waals surface area contributed by atoms with Gasteiger partial charge in [0, 0.05) is 5.92 Å². The summed E-state index contributed by atoms with van der Waals surface area (Å²) in [7, 11) is 0. The number of amides is 1. The van der Waals surface area contributed by atoms with Gasteiger partial charge in [0.1, 0.15) is 6.61 Å². The molecule has 1 unspecified atom stereocenters. The maximum atomic E-state index is 11.7. The molecule has 0 aliphatic heterocycles. The van der Waals surface area contributed by atoms with Gasteiger partial charge in [0.15, 0.2) is 0 Å². The fourth-order valence-electron chi connectivity index (χ4n) is 2.89. The Bertz CT molecular complexity index is 638. The fourth-order valence-corrected chi connectivity index (χ4v) is 2.89. The summed E-state index contributed by atoms with van der Waals surface area (Å²) in [6.07, 6.45) is -0.497. The van der Waals surface area contributed by atoms with E-state index in [9.17, 15) is 4.79 Å². The number of alkyl carbamates (subject to hydrolysis) is 1. The van der Waals surface area contributed by atoms with Crippen molar-refractivity contribution < 1.29 is 14.6 Å². The van der Waals surface area contributed by atoms with E-state index in [0.29, 0.717) is 0 Å². The molecule has 4 heteroatoms. The van der Waals surface area contributed by atoms with Gasteiger partial charge in [-0.2, -0.15) is 0 Å². The molecule has 0 spiro atoms. The predicted molar refractivity (Wildman–Crippen MR) is 84.8 cm³/mol. The average Bonchev–Trinajstić information content (AvgIpc) is 2.87. The van der Waals surface area contributed by atoms with Crippen LogP contribution in [-0.2, 0) is 4.74 Å². The minimum atomic E-state index is -0.497. The van der Waals surface area contributed by atoms with Crippen molar-refractivity contribution in [1.82, 2.24) is 5.32 Å². The summed E-state index contributed by atoms with van der Waals surface area (Å²) in [5.74, 6) is 0.0579. The van der Waals surface area contributed by atoms with Crippen molar-refractivity contribution in [2.45, 2.75) is 18.9 Å². The lowest BCUT2D eigenvalue weighted by molar-refractivity contribution is 0.134. The zero-order chi connectivity index (χ0) is 15.5. The molecule has 0 bridgehead atoms. The molecule has 1 aliphatic rings. The zero-order valence-corrected chi connectivity index (χ0v) is 12.5. The van der Waals surface area contributed by atoms with Gasteiger partial charge >= 0.3 is 6.09 Å². The number of aliphatic hydroxyl groups excluding tert-OH is 1. The lowest BCUT2D eigenvalue weighted by atomic mass is 9.98. The third-order valence-electron chi connectivity index (χ3n) is 3.98. The molecule has 1 atom stereocenters. The van der Waals surface area contributed by atoms with Crippen LogP contribution in [0.2, 0.25) is 0 Å². The minimum Gasteiger partial charge on any atom is -0.449 e. The van der Waals surface area contributed by atoms with Gasteiger partial charge < -0.3 is 15.2 Å². The second kappa shape index (κ2) is 6.20. The van der Waals surface area contributed by atoms with E-state index in [4.69, 9.17) is 9.84 Å². The third-order valence-corrected chi connectivity index (χ3v) is 3.98. The van der Waals surface area contributed by atoms with E-state index in [0.717, 1.165) is 0 Å². The molecule has 1 aliphatic carbocycles. The number of benzene rings is 2. The minimum absolute atomic E-state index is 0.0579. The van der Waals surface area contributed by atoms with Crippen molar-refractivity contribution in [1.29, 1.82) is 0 Å². The van der Waals surface area contributed by atoms with Gasteiger partial charge in [0.25, 0.3) is 0 Å². The standard InChI is InChI=1S/C18H19NO3/c1-12(10-20)19-18(21)22-11-17-15-8-4-2-6-13(15)14-7-3-5-9-16(14)17/h2-9,12,17,20H,10-11H2,1H3,(H,19,21). The van der Waals surface area contributed by atoms with Crippen LogP contribution in [0.5, 0.6) is 0 Å². The number of hydrogen-bond acceptors (Lipinski definition) is 3. The van der Waals surface area contributed by atoms with Crippen molar-refractivity contribution in [2.75, 3.05) is 13.2 Å². The zero-order valence-electron chi connectivity index (χ0n) is 12.5. The first-order valence-electron chi connectivity index (χ1n) is 7.43. The van der Waals surface area contributed by atoms with Gasteiger partial charge in [-0.05, 0) is 29.2 Å². The van der Waals surface area contributed by atoms with E-state index in [-0.39, 0.29) is 25.2 Å². The Balaban J connectivity index is 1.78. The largest absolute Gasteiger partial charge is 0.449 e. The molecule has 1 amide bonds. The number of carbonyl (C=O) groups excluding carboxylic acids is 1. The van der Waals surface area contributed by atoms with Gasteiger partial charge in [-0.25, -0.2) is 4.79 Å². The Morgan fingerprint density at radius 1 is 1.14 bits per heavy atom. The maximum absolute atomic E-state index is 11.7. The second-order valence-corrected chi connectivity index (χ2v) is 5.55. The molecule has 0 radical (unpaired) electrons. The van der Waals surface area contributed by atoms with E-state index in [1.165, 1.54) is 22.3 Å². The smallest absolute Gasteiger partial charge is 0.407 e. The highest BCUT2D eigenvalue weighted by atomic mass is 16.5. The van der Waals surface area contributed by atoms with Crippen LogP contribution in [0.15, 0.2) is 48.5 Å². The van der Waals surface area contributed by atoms with Gasteiger partial charge in [0.05, 0.1) is 12.6 Å². The van der Waals surface area contributed by atoms with E-state index in [2.05, 4.69) is 29.6 Å². The average molecular weight is 297 g/mol. The molecule has 22 heavy (non-hydrogen) atoms. The molecule has 0 heterocycles. The summed E-state index contributed by atoms with van der Waals surface area (Å²) in [6.45, 7) is 1.91. The summed E-state index contributed by atoms with van der Waals surface area (Å²) < 4.78 is 5.35. The molecule has 2 aromatic carbocycles. The first-order valence-corrected chi connectivity index (χ1v) is 7.43. The van der Waals surface area contributed by atoms with E-state index in [1.807, 2.05) is 24.3 Å². The summed E-state index contributed by atoms with van der Waals surface area (Å²) in [5.41, 5.74) is 4.78. The summed E-state index contributed by atoms with van der Waals surface area (Å²) in [4.78, 5) is 11.7. The summed E-state index contributed by atoms with van der Waals surface area (Å²) >= 11 is 0. The SMILES string of the molecule is CC(CO)NC(=O)OCC1c2ccccc2-c2ccccc21. The van der Waals surface area contributed by atoms with Crippen LogP contribution in [-0.4, -0.2) is 30.5 Å². The molecule has 3 rings (SSSR count). The number of fused-ring (bicyclic) bond motifs is 3. The van der Waals surface area contributed by atoms with E-state index in [1.54, 1.807) is 6.92 Å². The Kier molecular flexibility index (Phi) is 4.11. The van der Waals surface area contributed by atoms with Crippen LogP contribution in [0.1, 0.15) is 24.0 Å². The first kappa shape index (κ1) is 14.6. The van der Waals surface area contributed by atoms with Crippen LogP contribution >= 0.6 is 0 Å². The highest BCUT2D eigenvalue weighted by Gasteiger charge is 2.28. The number of rotatable bonds is 4. The Morgan fingerprint density at radius 2 is 1.68 bits per heavy atom. The van der Waals surface area contributed by atoms with Gasteiger partial charge in [-0.3, -0.25) is 0 Å². The topological polar surface area (TPSA) is 58.6 Å². The molecule has 0 saturated heterocycles. The lowest BCUT2D eigenvalue weighted by Crippen LogP contribution is -2.36. The third kappa shape index (κ3) is 2.70. The van der Waals surface area contributed by atoms with Gasteiger partial charge in [-0.15, -0.1) is 0 Å².